The molecule has 0 aromatic heterocycles. The predicted molar refractivity (Wildman–Crippen MR) is 76.6 cm³/mol. The number of hydrogen-bond acceptors (Lipinski definition) is 1. The molecule has 98 valence electrons. The first kappa shape index (κ1) is 14.6. The molecule has 19 heavy (non-hydrogen) atoms. The summed E-state index contributed by atoms with van der Waals surface area (Å²) in [6, 6.07) is 6.70. The van der Waals surface area contributed by atoms with E-state index in [2.05, 4.69) is 31.9 Å². The molecule has 0 fully saturated rings. The SMILES string of the molecule is O=C(c1ccc(Br)cc1Cl)c1c(F)ccc(Br)c1F. The van der Waals surface area contributed by atoms with Crippen molar-refractivity contribution in [2.75, 3.05) is 0 Å². The monoisotopic (exact) mass is 408 g/mol. The molecule has 0 saturated heterocycles. The maximum atomic E-state index is 13.8. The van der Waals surface area contributed by atoms with Gasteiger partial charge in [0.2, 0.25) is 0 Å². The van der Waals surface area contributed by atoms with E-state index in [0.29, 0.717) is 4.47 Å². The molecule has 0 bridgehead atoms. The Morgan fingerprint density at radius 2 is 1.79 bits per heavy atom. The van der Waals surface area contributed by atoms with Crippen LogP contribution in [-0.4, -0.2) is 5.78 Å². The lowest BCUT2D eigenvalue weighted by atomic mass is 10.0. The molecule has 1 nitrogen and oxygen atoms in total. The third kappa shape index (κ3) is 2.88. The second kappa shape index (κ2) is 5.69. The van der Waals surface area contributed by atoms with E-state index in [1.165, 1.54) is 18.2 Å². The van der Waals surface area contributed by atoms with Crippen molar-refractivity contribution >= 4 is 49.2 Å². The Bertz CT molecular complexity index is 674. The summed E-state index contributed by atoms with van der Waals surface area (Å²) in [7, 11) is 0. The van der Waals surface area contributed by atoms with Crippen LogP contribution in [0.15, 0.2) is 39.3 Å². The van der Waals surface area contributed by atoms with E-state index >= 15 is 0 Å². The van der Waals surface area contributed by atoms with Gasteiger partial charge in [-0.2, -0.15) is 0 Å². The molecular weight excluding hydrogens is 405 g/mol. The van der Waals surface area contributed by atoms with Crippen molar-refractivity contribution in [3.63, 3.8) is 0 Å². The molecule has 2 rings (SSSR count). The van der Waals surface area contributed by atoms with Crippen molar-refractivity contribution < 1.29 is 13.6 Å². The maximum absolute atomic E-state index is 13.8. The molecule has 0 aliphatic heterocycles. The van der Waals surface area contributed by atoms with Crippen molar-refractivity contribution in [3.8, 4) is 0 Å². The first-order chi connectivity index (χ1) is 8.91. The lowest BCUT2D eigenvalue weighted by Gasteiger charge is -2.07. The molecular formula is C13H5Br2ClF2O. The van der Waals surface area contributed by atoms with Crippen LogP contribution in [0, 0.1) is 11.6 Å². The van der Waals surface area contributed by atoms with Gasteiger partial charge >= 0.3 is 0 Å². The van der Waals surface area contributed by atoms with E-state index in [-0.39, 0.29) is 15.1 Å². The molecule has 2 aromatic carbocycles. The van der Waals surface area contributed by atoms with E-state index in [9.17, 15) is 13.6 Å². The highest BCUT2D eigenvalue weighted by atomic mass is 79.9. The smallest absolute Gasteiger partial charge is 0.200 e. The number of rotatable bonds is 2. The first-order valence-electron chi connectivity index (χ1n) is 5.05. The highest BCUT2D eigenvalue weighted by molar-refractivity contribution is 9.10. The first-order valence-corrected chi connectivity index (χ1v) is 7.01. The van der Waals surface area contributed by atoms with Gasteiger partial charge < -0.3 is 0 Å². The van der Waals surface area contributed by atoms with Crippen LogP contribution in [0.2, 0.25) is 5.02 Å². The molecule has 0 atom stereocenters. The summed E-state index contributed by atoms with van der Waals surface area (Å²) >= 11 is 12.0. The maximum Gasteiger partial charge on any atom is 0.200 e. The van der Waals surface area contributed by atoms with Crippen LogP contribution in [0.25, 0.3) is 0 Å². The molecule has 0 amide bonds. The number of benzene rings is 2. The zero-order valence-corrected chi connectivity index (χ0v) is 13.1. The lowest BCUT2D eigenvalue weighted by molar-refractivity contribution is 0.103. The third-order valence-corrected chi connectivity index (χ3v) is 3.87. The second-order valence-electron chi connectivity index (χ2n) is 3.67. The average Bonchev–Trinajstić information content (AvgIpc) is 2.34. The van der Waals surface area contributed by atoms with Crippen LogP contribution in [0.3, 0.4) is 0 Å². The zero-order chi connectivity index (χ0) is 14.2. The topological polar surface area (TPSA) is 17.1 Å². The van der Waals surface area contributed by atoms with Crippen LogP contribution in [0.1, 0.15) is 15.9 Å². The summed E-state index contributed by atoms with van der Waals surface area (Å²) < 4.78 is 28.2. The van der Waals surface area contributed by atoms with Gasteiger partial charge in [0.05, 0.1) is 15.1 Å². The number of carbonyl (C=O) groups excluding carboxylic acids is 1. The molecule has 0 aliphatic carbocycles. The Labute approximate surface area is 129 Å². The van der Waals surface area contributed by atoms with Crippen molar-refractivity contribution in [2.24, 2.45) is 0 Å². The second-order valence-corrected chi connectivity index (χ2v) is 5.85. The number of ketones is 1. The van der Waals surface area contributed by atoms with E-state index in [1.807, 2.05) is 0 Å². The normalized spacial score (nSPS) is 10.6. The Hall–Kier alpha value is -0.780. The van der Waals surface area contributed by atoms with Crippen molar-refractivity contribution in [2.45, 2.75) is 0 Å². The van der Waals surface area contributed by atoms with E-state index in [1.54, 1.807) is 6.07 Å². The van der Waals surface area contributed by atoms with Crippen LogP contribution in [0.4, 0.5) is 8.78 Å². The molecule has 0 N–H and O–H groups in total. The Balaban J connectivity index is 2.59. The molecule has 0 heterocycles. The fraction of sp³-hybridized carbons (Fsp3) is 0. The third-order valence-electron chi connectivity index (χ3n) is 2.45. The van der Waals surface area contributed by atoms with Gasteiger partial charge in [-0.3, -0.25) is 4.79 Å². The van der Waals surface area contributed by atoms with Gasteiger partial charge in [0.1, 0.15) is 5.82 Å². The lowest BCUT2D eigenvalue weighted by Crippen LogP contribution is -2.08. The minimum Gasteiger partial charge on any atom is -0.288 e. The fourth-order valence-electron chi connectivity index (χ4n) is 1.54. The van der Waals surface area contributed by atoms with Crippen LogP contribution < -0.4 is 0 Å². The molecule has 0 spiro atoms. The zero-order valence-electron chi connectivity index (χ0n) is 9.18. The Morgan fingerprint density at radius 1 is 1.11 bits per heavy atom. The number of halogens is 5. The highest BCUT2D eigenvalue weighted by Gasteiger charge is 2.22. The quantitative estimate of drug-likeness (QED) is 0.480. The summed E-state index contributed by atoms with van der Waals surface area (Å²) in [6.07, 6.45) is 0. The highest BCUT2D eigenvalue weighted by Crippen LogP contribution is 2.28. The molecule has 0 unspecified atom stereocenters. The van der Waals surface area contributed by atoms with Gasteiger partial charge in [-0.1, -0.05) is 27.5 Å². The molecule has 0 aliphatic rings. The van der Waals surface area contributed by atoms with Crippen molar-refractivity contribution in [1.29, 1.82) is 0 Å². The number of carbonyl (C=O) groups is 1. The molecule has 0 radical (unpaired) electrons. The Morgan fingerprint density at radius 3 is 2.42 bits per heavy atom. The molecule has 6 heteroatoms. The fourth-order valence-corrected chi connectivity index (χ4v) is 2.63. The molecule has 2 aromatic rings. The standard InChI is InChI=1S/C13H5Br2ClF2O/c14-6-1-2-7(9(16)5-6)13(19)11-10(17)4-3-8(15)12(11)18/h1-5H. The summed E-state index contributed by atoms with van der Waals surface area (Å²) in [6.45, 7) is 0. The largest absolute Gasteiger partial charge is 0.288 e. The summed E-state index contributed by atoms with van der Waals surface area (Å²) in [5, 5.41) is 0.123. The van der Waals surface area contributed by atoms with Gasteiger partial charge in [-0.15, -0.1) is 0 Å². The minimum absolute atomic E-state index is 0.0190. The Kier molecular flexibility index (Phi) is 4.38. The van der Waals surface area contributed by atoms with Crippen LogP contribution >= 0.6 is 43.5 Å². The van der Waals surface area contributed by atoms with Gasteiger partial charge in [-0.05, 0) is 46.3 Å². The van der Waals surface area contributed by atoms with E-state index in [4.69, 9.17) is 11.6 Å². The van der Waals surface area contributed by atoms with Crippen LogP contribution in [0.5, 0.6) is 0 Å². The van der Waals surface area contributed by atoms with Crippen molar-refractivity contribution in [1.82, 2.24) is 0 Å². The van der Waals surface area contributed by atoms with Crippen LogP contribution in [-0.2, 0) is 0 Å². The summed E-state index contributed by atoms with van der Waals surface area (Å²) in [5.41, 5.74) is -0.584. The average molecular weight is 410 g/mol. The summed E-state index contributed by atoms with van der Waals surface area (Å²) in [4.78, 5) is 12.2. The van der Waals surface area contributed by atoms with Gasteiger partial charge in [0.25, 0.3) is 0 Å². The van der Waals surface area contributed by atoms with Gasteiger partial charge in [-0.25, -0.2) is 8.78 Å². The van der Waals surface area contributed by atoms with E-state index < -0.39 is 23.0 Å². The van der Waals surface area contributed by atoms with Crippen molar-refractivity contribution in [3.05, 3.63) is 67.1 Å². The molecule has 0 saturated carbocycles. The minimum atomic E-state index is -0.941. The predicted octanol–water partition coefficient (Wildman–Crippen LogP) is 5.37. The number of hydrogen-bond donors (Lipinski definition) is 0. The summed E-state index contributed by atoms with van der Waals surface area (Å²) in [5.74, 6) is -2.66. The van der Waals surface area contributed by atoms with Gasteiger partial charge in [0, 0.05) is 10.0 Å². The van der Waals surface area contributed by atoms with Gasteiger partial charge in [0.15, 0.2) is 11.6 Å². The van der Waals surface area contributed by atoms with E-state index in [0.717, 1.165) is 6.07 Å².